The van der Waals surface area contributed by atoms with Crippen LogP contribution in [0.2, 0.25) is 0 Å². The van der Waals surface area contributed by atoms with Gasteiger partial charge in [0.05, 0.1) is 6.20 Å². The van der Waals surface area contributed by atoms with Gasteiger partial charge in [-0.3, -0.25) is 4.68 Å². The summed E-state index contributed by atoms with van der Waals surface area (Å²) in [5.74, 6) is 3.54. The van der Waals surface area contributed by atoms with Crippen LogP contribution in [-0.2, 0) is 13.5 Å². The Balaban J connectivity index is 1.18. The van der Waals surface area contributed by atoms with E-state index in [1.54, 1.807) is 0 Å². The fourth-order valence-electron chi connectivity index (χ4n) is 5.55. The summed E-state index contributed by atoms with van der Waals surface area (Å²) in [6.07, 6.45) is 12.7. The zero-order chi connectivity index (χ0) is 15.8. The molecule has 0 saturated heterocycles. The van der Waals surface area contributed by atoms with Gasteiger partial charge < -0.3 is 10.6 Å². The smallest absolute Gasteiger partial charge is 0.315 e. The Hall–Kier alpha value is -1.52. The van der Waals surface area contributed by atoms with E-state index in [0.717, 1.165) is 43.1 Å². The highest BCUT2D eigenvalue weighted by atomic mass is 16.2. The average molecular weight is 316 g/mol. The number of hydrogen-bond donors (Lipinski definition) is 2. The van der Waals surface area contributed by atoms with Crippen molar-refractivity contribution in [3.63, 3.8) is 0 Å². The summed E-state index contributed by atoms with van der Waals surface area (Å²) in [5, 5.41) is 10.5. The van der Waals surface area contributed by atoms with E-state index in [0.29, 0.717) is 6.04 Å². The number of aryl methyl sites for hydroxylation is 2. The molecule has 0 aromatic carbocycles. The molecular weight excluding hydrogens is 288 g/mol. The van der Waals surface area contributed by atoms with Gasteiger partial charge >= 0.3 is 6.03 Å². The fraction of sp³-hybridized carbons (Fsp3) is 0.778. The monoisotopic (exact) mass is 316 g/mol. The third-order valence-corrected chi connectivity index (χ3v) is 6.43. The molecule has 3 aliphatic rings. The predicted molar refractivity (Wildman–Crippen MR) is 88.9 cm³/mol. The Kier molecular flexibility index (Phi) is 4.04. The zero-order valence-electron chi connectivity index (χ0n) is 14.0. The lowest BCUT2D eigenvalue weighted by Gasteiger charge is -2.32. The maximum atomic E-state index is 12.1. The molecule has 3 fully saturated rings. The molecule has 2 N–H and O–H groups in total. The molecule has 126 valence electrons. The molecule has 0 unspecified atom stereocenters. The van der Waals surface area contributed by atoms with Crippen molar-refractivity contribution >= 4 is 6.03 Å². The van der Waals surface area contributed by atoms with Crippen molar-refractivity contribution in [3.8, 4) is 0 Å². The minimum Gasteiger partial charge on any atom is -0.338 e. The van der Waals surface area contributed by atoms with Crippen LogP contribution in [0.4, 0.5) is 4.79 Å². The molecule has 1 heterocycles. The van der Waals surface area contributed by atoms with Crippen LogP contribution in [0.5, 0.6) is 0 Å². The molecule has 1 aromatic heterocycles. The summed E-state index contributed by atoms with van der Waals surface area (Å²) < 4.78 is 1.82. The van der Waals surface area contributed by atoms with Crippen molar-refractivity contribution in [3.05, 3.63) is 18.0 Å². The van der Waals surface area contributed by atoms with E-state index in [1.165, 1.54) is 37.7 Å². The Labute approximate surface area is 138 Å². The number of nitrogens with zero attached hydrogens (tertiary/aromatic N) is 2. The van der Waals surface area contributed by atoms with Gasteiger partial charge in [-0.25, -0.2) is 4.79 Å². The molecular formula is C18H28N4O. The number of carbonyl (C=O) groups is 1. The van der Waals surface area contributed by atoms with Crippen molar-refractivity contribution in [1.29, 1.82) is 0 Å². The van der Waals surface area contributed by atoms with E-state index in [1.807, 2.05) is 24.1 Å². The van der Waals surface area contributed by atoms with Gasteiger partial charge in [-0.2, -0.15) is 5.10 Å². The number of nitrogens with one attached hydrogen (secondary N) is 2. The maximum absolute atomic E-state index is 12.1. The highest BCUT2D eigenvalue weighted by Crippen LogP contribution is 2.58. The molecule has 0 spiro atoms. The lowest BCUT2D eigenvalue weighted by atomic mass is 9.79. The zero-order valence-corrected chi connectivity index (χ0v) is 14.0. The van der Waals surface area contributed by atoms with Crippen LogP contribution in [0, 0.1) is 23.7 Å². The van der Waals surface area contributed by atoms with Gasteiger partial charge in [-0.1, -0.05) is 6.42 Å². The first-order valence-electron chi connectivity index (χ1n) is 9.22. The van der Waals surface area contributed by atoms with E-state index in [-0.39, 0.29) is 6.03 Å². The Bertz CT molecular complexity index is 569. The van der Waals surface area contributed by atoms with Crippen molar-refractivity contribution in [1.82, 2.24) is 20.4 Å². The first kappa shape index (κ1) is 15.0. The normalized spacial score (nSPS) is 34.6. The molecule has 23 heavy (non-hydrogen) atoms. The Morgan fingerprint density at radius 1 is 1.30 bits per heavy atom. The second kappa shape index (κ2) is 6.17. The minimum absolute atomic E-state index is 0.0308. The van der Waals surface area contributed by atoms with Gasteiger partial charge in [0, 0.05) is 25.8 Å². The summed E-state index contributed by atoms with van der Waals surface area (Å²) in [6, 6.07) is 0.459. The van der Waals surface area contributed by atoms with E-state index in [4.69, 9.17) is 0 Å². The van der Waals surface area contributed by atoms with Gasteiger partial charge in [0.15, 0.2) is 0 Å². The minimum atomic E-state index is 0.0308. The van der Waals surface area contributed by atoms with Crippen LogP contribution >= 0.6 is 0 Å². The number of urea groups is 1. The second-order valence-electron chi connectivity index (χ2n) is 7.79. The van der Waals surface area contributed by atoms with Crippen molar-refractivity contribution in [2.24, 2.45) is 30.7 Å². The molecule has 1 aromatic rings. The lowest BCUT2D eigenvalue weighted by Crippen LogP contribution is -2.47. The van der Waals surface area contributed by atoms with Gasteiger partial charge in [-0.15, -0.1) is 0 Å². The van der Waals surface area contributed by atoms with Crippen molar-refractivity contribution < 1.29 is 4.79 Å². The molecule has 0 aliphatic heterocycles. The SMILES string of the molecule is Cn1cc(CCCNC(=O)N[C@@H]2C[C@H]3C[C@H]2[C@H]2CCC[C@@H]32)cn1. The molecule has 2 bridgehead atoms. The molecule has 3 aliphatic carbocycles. The van der Waals surface area contributed by atoms with Crippen molar-refractivity contribution in [2.45, 2.75) is 51.0 Å². The number of hydrogen-bond acceptors (Lipinski definition) is 2. The van der Waals surface area contributed by atoms with Crippen LogP contribution in [-0.4, -0.2) is 28.4 Å². The number of aromatic nitrogens is 2. The molecule has 2 amide bonds. The summed E-state index contributed by atoms with van der Waals surface area (Å²) in [7, 11) is 1.93. The molecule has 0 radical (unpaired) electrons. The predicted octanol–water partition coefficient (Wildman–Crippen LogP) is 2.48. The van der Waals surface area contributed by atoms with Crippen LogP contribution in [0.1, 0.15) is 44.1 Å². The molecule has 3 saturated carbocycles. The van der Waals surface area contributed by atoms with Crippen LogP contribution in [0.25, 0.3) is 0 Å². The van der Waals surface area contributed by atoms with Crippen LogP contribution < -0.4 is 10.6 Å². The average Bonchev–Trinajstić information content (AvgIpc) is 3.25. The van der Waals surface area contributed by atoms with Gasteiger partial charge in [-0.05, 0) is 67.8 Å². The van der Waals surface area contributed by atoms with E-state index in [2.05, 4.69) is 15.7 Å². The van der Waals surface area contributed by atoms with E-state index < -0.39 is 0 Å². The number of carbonyl (C=O) groups excluding carboxylic acids is 1. The summed E-state index contributed by atoms with van der Waals surface area (Å²) >= 11 is 0. The third kappa shape index (κ3) is 2.98. The van der Waals surface area contributed by atoms with Crippen LogP contribution in [0.3, 0.4) is 0 Å². The first-order chi connectivity index (χ1) is 11.2. The number of rotatable bonds is 5. The fourth-order valence-corrected chi connectivity index (χ4v) is 5.55. The largest absolute Gasteiger partial charge is 0.338 e. The molecule has 4 rings (SSSR count). The quantitative estimate of drug-likeness (QED) is 0.820. The lowest BCUT2D eigenvalue weighted by molar-refractivity contribution is 0.198. The Morgan fingerprint density at radius 2 is 2.17 bits per heavy atom. The standard InChI is InChI=1S/C18H28N4O/c1-22-11-12(10-20-22)4-3-7-19-18(23)21-17-9-13-8-16(17)15-6-2-5-14(13)15/h10-11,13-17H,2-9H2,1H3,(H2,19,21,23)/t13-,14+,15+,16+,17-/m1/s1. The van der Waals surface area contributed by atoms with E-state index in [9.17, 15) is 4.79 Å². The molecule has 5 nitrogen and oxygen atoms in total. The van der Waals surface area contributed by atoms with Crippen LogP contribution in [0.15, 0.2) is 12.4 Å². The van der Waals surface area contributed by atoms with E-state index >= 15 is 0 Å². The summed E-state index contributed by atoms with van der Waals surface area (Å²) in [4.78, 5) is 12.1. The number of amides is 2. The summed E-state index contributed by atoms with van der Waals surface area (Å²) in [6.45, 7) is 0.730. The first-order valence-corrected chi connectivity index (χ1v) is 9.22. The molecule has 5 heteroatoms. The maximum Gasteiger partial charge on any atom is 0.315 e. The third-order valence-electron chi connectivity index (χ3n) is 6.43. The topological polar surface area (TPSA) is 59.0 Å². The highest BCUT2D eigenvalue weighted by molar-refractivity contribution is 5.74. The second-order valence-corrected chi connectivity index (χ2v) is 7.79. The van der Waals surface area contributed by atoms with Gasteiger partial charge in [0.1, 0.15) is 0 Å². The molecule has 5 atom stereocenters. The summed E-state index contributed by atoms with van der Waals surface area (Å²) in [5.41, 5.74) is 1.23. The highest BCUT2D eigenvalue weighted by Gasteiger charge is 2.53. The number of fused-ring (bicyclic) bond motifs is 5. The Morgan fingerprint density at radius 3 is 3.00 bits per heavy atom. The van der Waals surface area contributed by atoms with Crippen molar-refractivity contribution in [2.75, 3.05) is 6.54 Å². The van der Waals surface area contributed by atoms with Gasteiger partial charge in [0.2, 0.25) is 0 Å². The van der Waals surface area contributed by atoms with Gasteiger partial charge in [0.25, 0.3) is 0 Å².